The predicted octanol–water partition coefficient (Wildman–Crippen LogP) is 5.45. The second-order valence-corrected chi connectivity index (χ2v) is 11.1. The third kappa shape index (κ3) is 8.63. The first-order valence-electron chi connectivity index (χ1n) is 13.7. The molecule has 1 aromatic carbocycles. The molecular formula is C28H46ClN3O3. The summed E-state index contributed by atoms with van der Waals surface area (Å²) in [6.07, 6.45) is 12.9. The Kier molecular flexibility index (Phi) is 11.6. The fraction of sp³-hybridized carbons (Fsp3) is 0.750. The van der Waals surface area contributed by atoms with Crippen LogP contribution in [-0.4, -0.2) is 55.4 Å². The van der Waals surface area contributed by atoms with Gasteiger partial charge in [-0.05, 0) is 68.6 Å². The molecule has 198 valence electrons. The van der Waals surface area contributed by atoms with Crippen LogP contribution in [0.15, 0.2) is 24.3 Å². The van der Waals surface area contributed by atoms with Crippen LogP contribution in [0.4, 0.5) is 4.79 Å². The molecule has 1 unspecified atom stereocenters. The Balaban J connectivity index is 1.55. The van der Waals surface area contributed by atoms with Gasteiger partial charge >= 0.3 is 6.03 Å². The van der Waals surface area contributed by atoms with E-state index in [2.05, 4.69) is 5.32 Å². The molecule has 4 N–H and O–H groups in total. The largest absolute Gasteiger partial charge is 0.385 e. The Morgan fingerprint density at radius 3 is 2.80 bits per heavy atom. The average molecular weight is 508 g/mol. The molecule has 0 spiro atoms. The highest BCUT2D eigenvalue weighted by Crippen LogP contribution is 2.40. The zero-order chi connectivity index (χ0) is 25.1. The van der Waals surface area contributed by atoms with Crippen molar-refractivity contribution in [3.8, 4) is 0 Å². The number of aliphatic hydroxyl groups is 1. The van der Waals surface area contributed by atoms with E-state index in [1.807, 2.05) is 29.2 Å². The van der Waals surface area contributed by atoms with Crippen molar-refractivity contribution in [2.45, 2.75) is 88.7 Å². The van der Waals surface area contributed by atoms with Crippen LogP contribution in [0.25, 0.3) is 0 Å². The van der Waals surface area contributed by atoms with Gasteiger partial charge < -0.3 is 25.8 Å². The van der Waals surface area contributed by atoms with Gasteiger partial charge in [-0.15, -0.1) is 0 Å². The maximum atomic E-state index is 13.0. The van der Waals surface area contributed by atoms with Crippen LogP contribution < -0.4 is 11.1 Å². The lowest BCUT2D eigenvalue weighted by Gasteiger charge is -2.43. The first-order valence-corrected chi connectivity index (χ1v) is 14.1. The van der Waals surface area contributed by atoms with Crippen molar-refractivity contribution in [1.29, 1.82) is 0 Å². The number of unbranched alkanes of at least 4 members (excludes halogenated alkanes) is 1. The van der Waals surface area contributed by atoms with E-state index in [-0.39, 0.29) is 18.0 Å². The minimum absolute atomic E-state index is 0.00867. The molecule has 1 aliphatic carbocycles. The molecule has 7 heteroatoms. The fourth-order valence-electron chi connectivity index (χ4n) is 5.89. The van der Waals surface area contributed by atoms with Crippen molar-refractivity contribution in [1.82, 2.24) is 10.2 Å². The quantitative estimate of drug-likeness (QED) is 0.328. The highest BCUT2D eigenvalue weighted by Gasteiger charge is 2.41. The second kappa shape index (κ2) is 14.4. The van der Waals surface area contributed by atoms with Gasteiger partial charge in [-0.2, -0.15) is 0 Å². The van der Waals surface area contributed by atoms with Crippen LogP contribution >= 0.6 is 11.6 Å². The summed E-state index contributed by atoms with van der Waals surface area (Å²) in [5.41, 5.74) is 6.14. The van der Waals surface area contributed by atoms with Gasteiger partial charge in [0.25, 0.3) is 0 Å². The Morgan fingerprint density at radius 2 is 2.06 bits per heavy atom. The monoisotopic (exact) mass is 507 g/mol. The Bertz CT molecular complexity index is 774. The van der Waals surface area contributed by atoms with Crippen LogP contribution in [0, 0.1) is 11.8 Å². The lowest BCUT2D eigenvalue weighted by molar-refractivity contribution is -0.0562. The number of nitrogens with zero attached hydrogens (tertiary/aromatic N) is 1. The van der Waals surface area contributed by atoms with Gasteiger partial charge in [-0.3, -0.25) is 0 Å². The number of nitrogens with one attached hydrogen (secondary N) is 1. The topological polar surface area (TPSA) is 87.8 Å². The molecule has 2 amide bonds. The van der Waals surface area contributed by atoms with Crippen molar-refractivity contribution < 1.29 is 14.6 Å². The number of halogens is 1. The van der Waals surface area contributed by atoms with Crippen LogP contribution in [-0.2, 0) is 10.3 Å². The van der Waals surface area contributed by atoms with E-state index in [9.17, 15) is 9.90 Å². The van der Waals surface area contributed by atoms with Gasteiger partial charge in [0.2, 0.25) is 0 Å². The van der Waals surface area contributed by atoms with E-state index >= 15 is 0 Å². The zero-order valence-corrected chi connectivity index (χ0v) is 22.3. The molecular weight excluding hydrogens is 462 g/mol. The molecule has 0 bridgehead atoms. The van der Waals surface area contributed by atoms with Crippen LogP contribution in [0.5, 0.6) is 0 Å². The number of likely N-dealkylation sites (tertiary alicyclic amines) is 1. The second-order valence-electron chi connectivity index (χ2n) is 10.7. The number of amides is 2. The molecule has 2 aliphatic rings. The van der Waals surface area contributed by atoms with E-state index in [0.717, 1.165) is 43.6 Å². The minimum Gasteiger partial charge on any atom is -0.385 e. The number of urea groups is 1. The van der Waals surface area contributed by atoms with Crippen molar-refractivity contribution in [3.63, 3.8) is 0 Å². The van der Waals surface area contributed by atoms with Gasteiger partial charge in [-0.1, -0.05) is 55.8 Å². The van der Waals surface area contributed by atoms with E-state index in [1.54, 1.807) is 7.11 Å². The molecule has 2 fully saturated rings. The molecule has 6 nitrogen and oxygen atoms in total. The number of piperidine rings is 1. The Morgan fingerprint density at radius 1 is 1.26 bits per heavy atom. The molecule has 1 heterocycles. The van der Waals surface area contributed by atoms with Crippen molar-refractivity contribution in [2.24, 2.45) is 17.6 Å². The fourth-order valence-corrected chi connectivity index (χ4v) is 6.08. The molecule has 35 heavy (non-hydrogen) atoms. The van der Waals surface area contributed by atoms with Crippen LogP contribution in [0.3, 0.4) is 0 Å². The first kappa shape index (κ1) is 28.2. The summed E-state index contributed by atoms with van der Waals surface area (Å²) in [5, 5.41) is 15.6. The highest BCUT2D eigenvalue weighted by molar-refractivity contribution is 6.30. The van der Waals surface area contributed by atoms with Crippen molar-refractivity contribution in [2.75, 3.05) is 33.4 Å². The third-order valence-corrected chi connectivity index (χ3v) is 8.29. The van der Waals surface area contributed by atoms with Gasteiger partial charge in [0, 0.05) is 50.3 Å². The van der Waals surface area contributed by atoms with Crippen LogP contribution in [0.2, 0.25) is 5.02 Å². The summed E-state index contributed by atoms with van der Waals surface area (Å²) in [6, 6.07) is 7.45. The summed E-state index contributed by atoms with van der Waals surface area (Å²) < 4.78 is 5.20. The molecule has 1 saturated carbocycles. The molecule has 1 aromatic rings. The lowest BCUT2D eigenvalue weighted by atomic mass is 9.74. The summed E-state index contributed by atoms with van der Waals surface area (Å²) in [6.45, 7) is 2.40. The highest BCUT2D eigenvalue weighted by atomic mass is 35.5. The van der Waals surface area contributed by atoms with E-state index in [1.165, 1.54) is 38.5 Å². The normalized spacial score (nSPS) is 21.9. The molecule has 1 saturated heterocycles. The van der Waals surface area contributed by atoms with Crippen molar-refractivity contribution in [3.05, 3.63) is 34.9 Å². The number of carbonyl (C=O) groups excluding carboxylic acids is 1. The molecule has 0 aromatic heterocycles. The molecule has 3 rings (SSSR count). The molecule has 0 radical (unpaired) electrons. The number of methoxy groups -OCH3 is 1. The van der Waals surface area contributed by atoms with Crippen LogP contribution in [0.1, 0.15) is 82.6 Å². The predicted molar refractivity (Wildman–Crippen MR) is 143 cm³/mol. The lowest BCUT2D eigenvalue weighted by Crippen LogP contribution is -2.52. The average Bonchev–Trinajstić information content (AvgIpc) is 2.89. The summed E-state index contributed by atoms with van der Waals surface area (Å²) in [7, 11) is 1.70. The van der Waals surface area contributed by atoms with Gasteiger partial charge in [0.15, 0.2) is 0 Å². The first-order chi connectivity index (χ1) is 16.9. The van der Waals surface area contributed by atoms with E-state index in [0.29, 0.717) is 37.7 Å². The summed E-state index contributed by atoms with van der Waals surface area (Å²) >= 11 is 6.28. The molecule has 1 aliphatic heterocycles. The van der Waals surface area contributed by atoms with E-state index in [4.69, 9.17) is 22.1 Å². The summed E-state index contributed by atoms with van der Waals surface area (Å²) in [5.74, 6) is 0.754. The summed E-state index contributed by atoms with van der Waals surface area (Å²) in [4.78, 5) is 14.9. The number of ether oxygens (including phenoxy) is 1. The van der Waals surface area contributed by atoms with Gasteiger partial charge in [-0.25, -0.2) is 4.79 Å². The number of hydrogen-bond acceptors (Lipinski definition) is 4. The van der Waals surface area contributed by atoms with E-state index < -0.39 is 5.60 Å². The smallest absolute Gasteiger partial charge is 0.317 e. The Hall–Kier alpha value is -1.34. The van der Waals surface area contributed by atoms with Gasteiger partial charge in [0.1, 0.15) is 0 Å². The number of carbonyl (C=O) groups is 1. The van der Waals surface area contributed by atoms with Gasteiger partial charge in [0.05, 0.1) is 5.60 Å². The SMILES string of the molecule is COCCCC[C@@](O)(c1cccc(Cl)c1)[C@@H]1CCCN(C(=O)NCC(N)CCC2CCCCC2)C1. The maximum Gasteiger partial charge on any atom is 0.317 e. The zero-order valence-electron chi connectivity index (χ0n) is 21.5. The third-order valence-electron chi connectivity index (χ3n) is 8.05. The number of benzene rings is 1. The Labute approximate surface area is 216 Å². The number of nitrogens with two attached hydrogens (primary N) is 1. The maximum absolute atomic E-state index is 13.0. The van der Waals surface area contributed by atoms with Crippen molar-refractivity contribution >= 4 is 17.6 Å². The number of hydrogen-bond donors (Lipinski definition) is 3. The standard InChI is InChI=1S/C28H46ClN3O3/c1-35-18-6-5-16-28(34,23-11-7-13-25(29)19-23)24-12-8-17-32(21-24)27(33)31-20-26(30)15-14-22-9-3-2-4-10-22/h7,11,13,19,22,24,26,34H,2-6,8-10,12,14-18,20-21,30H2,1H3,(H,31,33)/t24-,26?,28-/m1/s1. The minimum atomic E-state index is -1.03. The molecule has 3 atom stereocenters. The number of rotatable bonds is 12.